The van der Waals surface area contributed by atoms with Crippen LogP contribution in [0.2, 0.25) is 0 Å². The fourth-order valence-electron chi connectivity index (χ4n) is 1.62. The maximum atomic E-state index is 8.62. The van der Waals surface area contributed by atoms with Crippen molar-refractivity contribution in [3.8, 4) is 5.75 Å². The molecule has 5 heteroatoms. The van der Waals surface area contributed by atoms with Crippen LogP contribution in [0.3, 0.4) is 0 Å². The van der Waals surface area contributed by atoms with Crippen LogP contribution in [-0.4, -0.2) is 36.3 Å². The van der Waals surface area contributed by atoms with Crippen LogP contribution in [0, 0.1) is 0 Å². The van der Waals surface area contributed by atoms with Gasteiger partial charge in [-0.25, -0.2) is 0 Å². The van der Waals surface area contributed by atoms with Crippen molar-refractivity contribution < 1.29 is 9.94 Å². The Kier molecular flexibility index (Phi) is 4.63. The number of methoxy groups -OCH3 is 1. The molecule has 1 aromatic rings. The van der Waals surface area contributed by atoms with Crippen molar-refractivity contribution in [1.29, 1.82) is 0 Å². The summed E-state index contributed by atoms with van der Waals surface area (Å²) in [6.07, 6.45) is 0.761. The van der Waals surface area contributed by atoms with Crippen molar-refractivity contribution in [2.45, 2.75) is 19.4 Å². The summed E-state index contributed by atoms with van der Waals surface area (Å²) in [7, 11) is 3.44. The van der Waals surface area contributed by atoms with Gasteiger partial charge in [0, 0.05) is 13.1 Å². The number of nitrogens with two attached hydrogens (primary N) is 1. The third-order valence-electron chi connectivity index (χ3n) is 2.83. The van der Waals surface area contributed by atoms with E-state index < -0.39 is 0 Å². The highest BCUT2D eigenvalue weighted by molar-refractivity contribution is 5.77. The lowest BCUT2D eigenvalue weighted by atomic mass is 10.1. The predicted octanol–water partition coefficient (Wildman–Crippen LogP) is 1.26. The smallest absolute Gasteiger partial charge is 0.233 e. The Labute approximate surface area is 101 Å². The van der Waals surface area contributed by atoms with Crippen molar-refractivity contribution in [3.05, 3.63) is 29.8 Å². The molecule has 0 aliphatic carbocycles. The number of likely N-dealkylation sites (N-methyl/N-ethyl adjacent to an activating group) is 1. The topological polar surface area (TPSA) is 71.1 Å². The Morgan fingerprint density at radius 3 is 2.76 bits per heavy atom. The molecular formula is C12H19N3O2. The minimum Gasteiger partial charge on any atom is -0.496 e. The van der Waals surface area contributed by atoms with Gasteiger partial charge in [-0.3, -0.25) is 0 Å². The Bertz CT molecular complexity index is 393. The van der Waals surface area contributed by atoms with Crippen molar-refractivity contribution in [2.75, 3.05) is 14.2 Å². The molecule has 1 atom stereocenters. The fourth-order valence-corrected chi connectivity index (χ4v) is 1.62. The molecule has 1 unspecified atom stereocenters. The molecule has 1 rings (SSSR count). The van der Waals surface area contributed by atoms with E-state index in [4.69, 9.17) is 15.7 Å². The molecule has 0 heterocycles. The van der Waals surface area contributed by atoms with Gasteiger partial charge in [-0.05, 0) is 25.0 Å². The summed E-state index contributed by atoms with van der Waals surface area (Å²) in [6, 6.07) is 7.94. The molecule has 17 heavy (non-hydrogen) atoms. The number of hydrogen-bond donors (Lipinski definition) is 2. The minimum absolute atomic E-state index is 0.104. The zero-order chi connectivity index (χ0) is 12.8. The largest absolute Gasteiger partial charge is 0.496 e. The number of rotatable bonds is 4. The number of para-hydroxylation sites is 1. The first-order valence-electron chi connectivity index (χ1n) is 5.42. The lowest BCUT2D eigenvalue weighted by Crippen LogP contribution is -2.41. The molecule has 1 aromatic carbocycles. The lowest BCUT2D eigenvalue weighted by Gasteiger charge is -2.25. The summed E-state index contributed by atoms with van der Waals surface area (Å²) in [6.45, 7) is 2.00. The zero-order valence-corrected chi connectivity index (χ0v) is 10.4. The van der Waals surface area contributed by atoms with E-state index in [-0.39, 0.29) is 12.0 Å². The molecule has 0 fully saturated rings. The van der Waals surface area contributed by atoms with E-state index in [0.29, 0.717) is 0 Å². The van der Waals surface area contributed by atoms with Gasteiger partial charge in [0.2, 0.25) is 5.96 Å². The van der Waals surface area contributed by atoms with Gasteiger partial charge in [0.25, 0.3) is 0 Å². The normalized spacial score (nSPS) is 13.2. The zero-order valence-electron chi connectivity index (χ0n) is 10.4. The van der Waals surface area contributed by atoms with Crippen LogP contribution in [0.1, 0.15) is 12.5 Å². The van der Waals surface area contributed by atoms with Crippen LogP contribution in [0.5, 0.6) is 5.75 Å². The highest BCUT2D eigenvalue weighted by atomic mass is 16.5. The van der Waals surface area contributed by atoms with Crippen LogP contribution >= 0.6 is 0 Å². The SMILES string of the molecule is COc1ccccc1CC(C)N(C)C(N)=NO. The molecule has 0 saturated heterocycles. The molecule has 0 bridgehead atoms. The molecular weight excluding hydrogens is 218 g/mol. The predicted molar refractivity (Wildman–Crippen MR) is 67.3 cm³/mol. The summed E-state index contributed by atoms with van der Waals surface area (Å²) in [5.41, 5.74) is 6.63. The third kappa shape index (κ3) is 3.27. The molecule has 0 amide bonds. The Morgan fingerprint density at radius 1 is 1.53 bits per heavy atom. The summed E-state index contributed by atoms with van der Waals surface area (Å²) < 4.78 is 5.28. The number of hydrogen-bond acceptors (Lipinski definition) is 3. The van der Waals surface area contributed by atoms with Gasteiger partial charge in [-0.2, -0.15) is 0 Å². The molecule has 94 valence electrons. The van der Waals surface area contributed by atoms with E-state index >= 15 is 0 Å². The molecule has 0 radical (unpaired) electrons. The standard InChI is InChI=1S/C12H19N3O2/c1-9(15(2)12(13)14-16)8-10-6-4-5-7-11(10)17-3/h4-7,9,16H,8H2,1-3H3,(H2,13,14). The maximum absolute atomic E-state index is 8.62. The van der Waals surface area contributed by atoms with Crippen LogP contribution in [0.15, 0.2) is 29.4 Å². The van der Waals surface area contributed by atoms with E-state index in [1.165, 1.54) is 0 Å². The summed E-state index contributed by atoms with van der Waals surface area (Å²) >= 11 is 0. The molecule has 0 aliphatic heterocycles. The Balaban J connectivity index is 2.77. The second kappa shape index (κ2) is 5.98. The first-order chi connectivity index (χ1) is 8.10. The molecule has 3 N–H and O–H groups in total. The number of oxime groups is 1. The first kappa shape index (κ1) is 13.2. The van der Waals surface area contributed by atoms with Crippen molar-refractivity contribution >= 4 is 5.96 Å². The number of benzene rings is 1. The van der Waals surface area contributed by atoms with Gasteiger partial charge in [0.05, 0.1) is 7.11 Å². The maximum Gasteiger partial charge on any atom is 0.233 e. The van der Waals surface area contributed by atoms with Crippen LogP contribution < -0.4 is 10.5 Å². The average molecular weight is 237 g/mol. The quantitative estimate of drug-likeness (QED) is 0.358. The molecule has 0 saturated carbocycles. The molecule has 0 aromatic heterocycles. The van der Waals surface area contributed by atoms with E-state index in [2.05, 4.69) is 5.16 Å². The van der Waals surface area contributed by atoms with E-state index in [1.54, 1.807) is 19.1 Å². The molecule has 0 spiro atoms. The van der Waals surface area contributed by atoms with Gasteiger partial charge in [0.15, 0.2) is 0 Å². The van der Waals surface area contributed by atoms with Crippen LogP contribution in [-0.2, 0) is 6.42 Å². The van der Waals surface area contributed by atoms with Gasteiger partial charge < -0.3 is 20.6 Å². The average Bonchev–Trinajstić information content (AvgIpc) is 2.37. The van der Waals surface area contributed by atoms with E-state index in [1.807, 2.05) is 31.2 Å². The second-order valence-corrected chi connectivity index (χ2v) is 3.93. The number of ether oxygens (including phenoxy) is 1. The van der Waals surface area contributed by atoms with Crippen LogP contribution in [0.4, 0.5) is 0 Å². The summed E-state index contributed by atoms with van der Waals surface area (Å²) in [5, 5.41) is 11.6. The fraction of sp³-hybridized carbons (Fsp3) is 0.417. The third-order valence-corrected chi connectivity index (χ3v) is 2.83. The lowest BCUT2D eigenvalue weighted by molar-refractivity contribution is 0.292. The number of nitrogens with zero attached hydrogens (tertiary/aromatic N) is 2. The number of guanidine groups is 1. The van der Waals surface area contributed by atoms with Crippen molar-refractivity contribution in [3.63, 3.8) is 0 Å². The van der Waals surface area contributed by atoms with Gasteiger partial charge in [-0.15, -0.1) is 0 Å². The molecule has 0 aliphatic rings. The first-order valence-corrected chi connectivity index (χ1v) is 5.42. The van der Waals surface area contributed by atoms with Crippen LogP contribution in [0.25, 0.3) is 0 Å². The van der Waals surface area contributed by atoms with E-state index in [9.17, 15) is 0 Å². The van der Waals surface area contributed by atoms with Gasteiger partial charge >= 0.3 is 0 Å². The Morgan fingerprint density at radius 2 is 2.18 bits per heavy atom. The van der Waals surface area contributed by atoms with Gasteiger partial charge in [0.1, 0.15) is 5.75 Å². The second-order valence-electron chi connectivity index (χ2n) is 3.93. The monoisotopic (exact) mass is 237 g/mol. The van der Waals surface area contributed by atoms with E-state index in [0.717, 1.165) is 17.7 Å². The minimum atomic E-state index is 0.104. The van der Waals surface area contributed by atoms with Gasteiger partial charge in [-0.1, -0.05) is 23.4 Å². The van der Waals surface area contributed by atoms with Crippen molar-refractivity contribution in [2.24, 2.45) is 10.9 Å². The summed E-state index contributed by atoms with van der Waals surface area (Å²) in [4.78, 5) is 1.71. The highest BCUT2D eigenvalue weighted by Crippen LogP contribution is 2.19. The summed E-state index contributed by atoms with van der Waals surface area (Å²) in [5.74, 6) is 0.958. The Hall–Kier alpha value is -1.91. The highest BCUT2D eigenvalue weighted by Gasteiger charge is 2.14. The van der Waals surface area contributed by atoms with Crippen molar-refractivity contribution in [1.82, 2.24) is 4.90 Å². The molecule has 5 nitrogen and oxygen atoms in total.